The third-order valence-corrected chi connectivity index (χ3v) is 9.09. The molecule has 4 aromatic rings. The molecule has 5 rings (SSSR count). The van der Waals surface area contributed by atoms with Crippen molar-refractivity contribution < 1.29 is 46.8 Å². The van der Waals surface area contributed by atoms with E-state index < -0.39 is 21.8 Å². The van der Waals surface area contributed by atoms with Crippen molar-refractivity contribution >= 4 is 32.7 Å². The zero-order chi connectivity index (χ0) is 31.9. The molecule has 0 fully saturated rings. The molecule has 2 heterocycles. The van der Waals surface area contributed by atoms with Crippen LogP contribution in [0.25, 0.3) is 11.0 Å². The second kappa shape index (κ2) is 14.3. The summed E-state index contributed by atoms with van der Waals surface area (Å²) >= 11 is 0. The van der Waals surface area contributed by atoms with Crippen LogP contribution >= 0.6 is 0 Å². The number of ether oxygens (including phenoxy) is 3. The minimum absolute atomic E-state index is 0.227. The first-order valence-electron chi connectivity index (χ1n) is 14.0. The molecule has 0 spiro atoms. The number of carbonyl (C=O) groups is 2. The van der Waals surface area contributed by atoms with Crippen LogP contribution in [0.3, 0.4) is 0 Å². The number of carboxylic acids is 2. The Kier molecular flexibility index (Phi) is 10.5. The van der Waals surface area contributed by atoms with Crippen LogP contribution in [0.4, 0.5) is 0 Å². The molecule has 0 saturated carbocycles. The van der Waals surface area contributed by atoms with Gasteiger partial charge < -0.3 is 28.8 Å². The average Bonchev–Trinajstić information content (AvgIpc) is 3.42. The van der Waals surface area contributed by atoms with Crippen molar-refractivity contribution in [1.29, 1.82) is 0 Å². The first kappa shape index (κ1) is 32.4. The van der Waals surface area contributed by atoms with Gasteiger partial charge >= 0.3 is 11.9 Å². The second-order valence-corrected chi connectivity index (χ2v) is 11.9. The first-order valence-corrected chi connectivity index (χ1v) is 15.5. The average molecular weight is 626 g/mol. The lowest BCUT2D eigenvalue weighted by Crippen LogP contribution is -2.32. The Labute approximate surface area is 255 Å². The van der Waals surface area contributed by atoms with Crippen LogP contribution in [0.5, 0.6) is 17.2 Å². The van der Waals surface area contributed by atoms with Crippen LogP contribution in [0, 0.1) is 0 Å². The van der Waals surface area contributed by atoms with E-state index in [-0.39, 0.29) is 9.79 Å². The van der Waals surface area contributed by atoms with E-state index in [0.29, 0.717) is 35.5 Å². The van der Waals surface area contributed by atoms with E-state index in [2.05, 4.69) is 17.0 Å². The van der Waals surface area contributed by atoms with Gasteiger partial charge in [0.25, 0.3) is 0 Å². The molecule has 0 radical (unpaired) electrons. The van der Waals surface area contributed by atoms with Crippen molar-refractivity contribution in [3.05, 3.63) is 77.6 Å². The van der Waals surface area contributed by atoms with Crippen molar-refractivity contribution in [2.45, 2.75) is 42.5 Å². The minimum Gasteiger partial charge on any atom is -0.494 e. The van der Waals surface area contributed by atoms with Gasteiger partial charge in [-0.25, -0.2) is 18.0 Å². The number of methoxy groups -OCH3 is 2. The molecule has 0 unspecified atom stereocenters. The first-order chi connectivity index (χ1) is 21.1. The molecule has 12 heteroatoms. The van der Waals surface area contributed by atoms with Crippen molar-refractivity contribution in [3.63, 3.8) is 0 Å². The number of benzene rings is 3. The van der Waals surface area contributed by atoms with Crippen molar-refractivity contribution in [1.82, 2.24) is 4.90 Å². The van der Waals surface area contributed by atoms with Crippen LogP contribution < -0.4 is 14.2 Å². The summed E-state index contributed by atoms with van der Waals surface area (Å²) in [6, 6.07) is 18.0. The topological polar surface area (TPSA) is 153 Å². The van der Waals surface area contributed by atoms with Gasteiger partial charge in [0.2, 0.25) is 9.84 Å². The minimum atomic E-state index is -3.73. The predicted octanol–water partition coefficient (Wildman–Crippen LogP) is 4.83. The molecular weight excluding hydrogens is 590 g/mol. The van der Waals surface area contributed by atoms with Crippen molar-refractivity contribution in [2.75, 3.05) is 33.9 Å². The standard InChI is InChI=1S/C30H33NO6S.C2H2O4/c1-4-26-30(25-8-5-6-9-27(25)37-26)38(32,33)24-12-10-23(11-13-24)36-17-7-15-31-16-14-21-18-28(34-2)29(35-3)19-22(21)20-31;3-1(4)2(5)6/h5-6,8-13,18-19H,4,7,14-17,20H2,1-3H3;(H,3,4)(H,5,6). The highest BCUT2D eigenvalue weighted by Crippen LogP contribution is 2.35. The van der Waals surface area contributed by atoms with E-state index in [9.17, 15) is 8.42 Å². The van der Waals surface area contributed by atoms with Gasteiger partial charge in [-0.1, -0.05) is 19.1 Å². The number of para-hydroxylation sites is 1. The molecule has 3 aromatic carbocycles. The van der Waals surface area contributed by atoms with Crippen LogP contribution in [-0.4, -0.2) is 69.4 Å². The molecule has 44 heavy (non-hydrogen) atoms. The maximum absolute atomic E-state index is 13.5. The van der Waals surface area contributed by atoms with Gasteiger partial charge in [-0.3, -0.25) is 4.90 Å². The highest BCUT2D eigenvalue weighted by atomic mass is 32.2. The molecule has 2 N–H and O–H groups in total. The highest BCUT2D eigenvalue weighted by molar-refractivity contribution is 7.91. The molecule has 0 atom stereocenters. The molecule has 0 amide bonds. The van der Waals surface area contributed by atoms with Crippen LogP contribution in [0.1, 0.15) is 30.2 Å². The predicted molar refractivity (Wildman–Crippen MR) is 161 cm³/mol. The fraction of sp³-hybridized carbons (Fsp3) is 0.312. The zero-order valence-electron chi connectivity index (χ0n) is 24.7. The molecule has 11 nitrogen and oxygen atoms in total. The molecular formula is C32H35NO10S. The van der Waals surface area contributed by atoms with Crippen LogP contribution in [0.15, 0.2) is 74.9 Å². The quantitative estimate of drug-likeness (QED) is 0.184. The lowest BCUT2D eigenvalue weighted by molar-refractivity contribution is -0.159. The number of fused-ring (bicyclic) bond motifs is 2. The van der Waals surface area contributed by atoms with E-state index in [1.54, 1.807) is 50.6 Å². The van der Waals surface area contributed by atoms with Gasteiger partial charge in [0.15, 0.2) is 11.5 Å². The molecule has 234 valence electrons. The van der Waals surface area contributed by atoms with E-state index in [0.717, 1.165) is 44.0 Å². The fourth-order valence-electron chi connectivity index (χ4n) is 5.04. The number of aryl methyl sites for hydroxylation is 1. The number of nitrogens with zero attached hydrogens (tertiary/aromatic N) is 1. The number of carboxylic acid groups (broad SMARTS) is 2. The monoisotopic (exact) mass is 625 g/mol. The fourth-order valence-corrected chi connectivity index (χ4v) is 6.72. The third-order valence-electron chi connectivity index (χ3n) is 7.21. The summed E-state index contributed by atoms with van der Waals surface area (Å²) in [6.45, 7) is 5.20. The number of sulfone groups is 1. The Morgan fingerprint density at radius 3 is 2.18 bits per heavy atom. The van der Waals surface area contributed by atoms with Gasteiger partial charge in [0.05, 0.1) is 25.7 Å². The SMILES string of the molecule is CCc1oc2ccccc2c1S(=O)(=O)c1ccc(OCCCN2CCc3cc(OC)c(OC)cc3C2)cc1.O=C(O)C(=O)O. The van der Waals surface area contributed by atoms with E-state index in [1.807, 2.05) is 19.1 Å². The Morgan fingerprint density at radius 2 is 1.57 bits per heavy atom. The molecule has 1 aliphatic heterocycles. The lowest BCUT2D eigenvalue weighted by Gasteiger charge is -2.29. The van der Waals surface area contributed by atoms with Gasteiger partial charge in [-0.05, 0) is 72.5 Å². The molecule has 0 bridgehead atoms. The summed E-state index contributed by atoms with van der Waals surface area (Å²) in [5, 5.41) is 15.4. The Balaban J connectivity index is 0.000000670. The summed E-state index contributed by atoms with van der Waals surface area (Å²) in [7, 11) is -0.407. The lowest BCUT2D eigenvalue weighted by atomic mass is 9.98. The van der Waals surface area contributed by atoms with E-state index in [1.165, 1.54) is 11.1 Å². The number of hydrogen-bond donors (Lipinski definition) is 2. The van der Waals surface area contributed by atoms with E-state index in [4.69, 9.17) is 38.4 Å². The molecule has 1 aliphatic rings. The van der Waals surface area contributed by atoms with Crippen LogP contribution in [0.2, 0.25) is 0 Å². The van der Waals surface area contributed by atoms with Gasteiger partial charge in [0.1, 0.15) is 22.0 Å². The summed E-state index contributed by atoms with van der Waals surface area (Å²) in [5.41, 5.74) is 3.15. The number of aliphatic carboxylic acids is 2. The normalized spacial score (nSPS) is 13.0. The molecule has 1 aromatic heterocycles. The number of hydrogen-bond acceptors (Lipinski definition) is 9. The van der Waals surface area contributed by atoms with Crippen molar-refractivity contribution in [3.8, 4) is 17.2 Å². The summed E-state index contributed by atoms with van der Waals surface area (Å²) in [5.74, 6) is -0.989. The van der Waals surface area contributed by atoms with Gasteiger partial charge in [-0.2, -0.15) is 0 Å². The van der Waals surface area contributed by atoms with Crippen LogP contribution in [-0.2, 0) is 38.8 Å². The number of furan rings is 1. The summed E-state index contributed by atoms with van der Waals surface area (Å²) in [6.07, 6.45) is 2.33. The highest BCUT2D eigenvalue weighted by Gasteiger charge is 2.27. The zero-order valence-corrected chi connectivity index (χ0v) is 25.6. The van der Waals surface area contributed by atoms with Gasteiger partial charge in [-0.15, -0.1) is 0 Å². The molecule has 0 aliphatic carbocycles. The third kappa shape index (κ3) is 7.32. The second-order valence-electron chi connectivity index (χ2n) is 9.99. The summed E-state index contributed by atoms with van der Waals surface area (Å²) in [4.78, 5) is 21.1. The maximum Gasteiger partial charge on any atom is 0.414 e. The Bertz CT molecular complexity index is 1720. The largest absolute Gasteiger partial charge is 0.494 e. The Morgan fingerprint density at radius 1 is 0.932 bits per heavy atom. The summed E-state index contributed by atoms with van der Waals surface area (Å²) < 4.78 is 49.6. The van der Waals surface area contributed by atoms with Gasteiger partial charge in [0, 0.05) is 31.4 Å². The van der Waals surface area contributed by atoms with Crippen molar-refractivity contribution in [2.24, 2.45) is 0 Å². The Hall–Kier alpha value is -4.55. The maximum atomic E-state index is 13.5. The molecule has 0 saturated heterocycles. The number of rotatable bonds is 10. The smallest absolute Gasteiger partial charge is 0.414 e. The van der Waals surface area contributed by atoms with E-state index >= 15 is 0 Å².